The van der Waals surface area contributed by atoms with E-state index >= 15 is 0 Å². The molecule has 0 aliphatic carbocycles. The molecule has 0 atom stereocenters. The first-order valence-corrected chi connectivity index (χ1v) is 4.75. The molecule has 1 aromatic carbocycles. The quantitative estimate of drug-likeness (QED) is 0.878. The Labute approximate surface area is 95.1 Å². The van der Waals surface area contributed by atoms with Crippen molar-refractivity contribution < 1.29 is 8.78 Å². The normalized spacial score (nSPS) is 10.2. The second kappa shape index (κ2) is 4.40. The largest absolute Gasteiger partial charge is 0.336 e. The van der Waals surface area contributed by atoms with E-state index in [9.17, 15) is 8.78 Å². The average Bonchev–Trinajstić information content (AvgIpc) is 2.28. The van der Waals surface area contributed by atoms with E-state index < -0.39 is 11.6 Å². The maximum absolute atomic E-state index is 13.3. The third kappa shape index (κ3) is 2.25. The number of halogens is 3. The van der Waals surface area contributed by atoms with Crippen molar-refractivity contribution in [3.8, 4) is 0 Å². The van der Waals surface area contributed by atoms with Crippen LogP contribution in [-0.4, -0.2) is 10.2 Å². The van der Waals surface area contributed by atoms with Crippen LogP contribution in [0.4, 0.5) is 20.3 Å². The summed E-state index contributed by atoms with van der Waals surface area (Å²) in [5.74, 6) is -1.60. The SMILES string of the molecule is Fc1cccc(Nc2ccc(Cl)nn2)c1F. The van der Waals surface area contributed by atoms with Crippen LogP contribution in [0.1, 0.15) is 0 Å². The number of hydrogen-bond acceptors (Lipinski definition) is 3. The standard InChI is InChI=1S/C10H6ClF2N3/c11-8-4-5-9(16-15-8)14-7-3-1-2-6(12)10(7)13/h1-5H,(H,14,16). The lowest BCUT2D eigenvalue weighted by atomic mass is 10.3. The van der Waals surface area contributed by atoms with Gasteiger partial charge in [-0.05, 0) is 24.3 Å². The highest BCUT2D eigenvalue weighted by Gasteiger charge is 2.07. The van der Waals surface area contributed by atoms with Gasteiger partial charge in [0.1, 0.15) is 0 Å². The molecule has 0 saturated heterocycles. The van der Waals surface area contributed by atoms with Gasteiger partial charge in [-0.2, -0.15) is 0 Å². The topological polar surface area (TPSA) is 37.8 Å². The van der Waals surface area contributed by atoms with Crippen molar-refractivity contribution in [2.75, 3.05) is 5.32 Å². The summed E-state index contributed by atoms with van der Waals surface area (Å²) in [5.41, 5.74) is -0.00313. The van der Waals surface area contributed by atoms with E-state index in [1.54, 1.807) is 0 Å². The molecule has 82 valence electrons. The van der Waals surface area contributed by atoms with E-state index in [2.05, 4.69) is 15.5 Å². The first kappa shape index (κ1) is 10.8. The van der Waals surface area contributed by atoms with Crippen LogP contribution in [0.25, 0.3) is 0 Å². The molecular formula is C10H6ClF2N3. The molecule has 0 aliphatic rings. The molecule has 2 rings (SSSR count). The lowest BCUT2D eigenvalue weighted by molar-refractivity contribution is 0.511. The van der Waals surface area contributed by atoms with Crippen LogP contribution in [0.3, 0.4) is 0 Å². The summed E-state index contributed by atoms with van der Waals surface area (Å²) in [7, 11) is 0. The molecule has 3 nitrogen and oxygen atoms in total. The molecule has 1 heterocycles. The molecule has 0 unspecified atom stereocenters. The predicted octanol–water partition coefficient (Wildman–Crippen LogP) is 3.15. The Morgan fingerprint density at radius 1 is 1.06 bits per heavy atom. The number of aromatic nitrogens is 2. The van der Waals surface area contributed by atoms with Crippen LogP contribution in [0, 0.1) is 11.6 Å². The van der Waals surface area contributed by atoms with Crippen LogP contribution in [-0.2, 0) is 0 Å². The van der Waals surface area contributed by atoms with Gasteiger partial charge in [0.25, 0.3) is 0 Å². The first-order chi connectivity index (χ1) is 7.66. The van der Waals surface area contributed by atoms with Crippen molar-refractivity contribution in [3.05, 3.63) is 47.1 Å². The van der Waals surface area contributed by atoms with Crippen LogP contribution in [0.2, 0.25) is 5.15 Å². The van der Waals surface area contributed by atoms with E-state index in [1.165, 1.54) is 24.3 Å². The molecule has 0 saturated carbocycles. The van der Waals surface area contributed by atoms with Crippen LogP contribution >= 0.6 is 11.6 Å². The Morgan fingerprint density at radius 2 is 1.88 bits per heavy atom. The van der Waals surface area contributed by atoms with Crippen molar-refractivity contribution >= 4 is 23.1 Å². The maximum Gasteiger partial charge on any atom is 0.182 e. The molecule has 0 radical (unpaired) electrons. The van der Waals surface area contributed by atoms with Crippen molar-refractivity contribution in [2.45, 2.75) is 0 Å². The highest BCUT2D eigenvalue weighted by Crippen LogP contribution is 2.20. The third-order valence-corrected chi connectivity index (χ3v) is 2.05. The summed E-state index contributed by atoms with van der Waals surface area (Å²) in [5, 5.41) is 10.0. The van der Waals surface area contributed by atoms with Crippen LogP contribution in [0.5, 0.6) is 0 Å². The lowest BCUT2D eigenvalue weighted by Crippen LogP contribution is -1.98. The number of anilines is 2. The van der Waals surface area contributed by atoms with Gasteiger partial charge in [-0.15, -0.1) is 10.2 Å². The first-order valence-electron chi connectivity index (χ1n) is 4.37. The number of benzene rings is 1. The summed E-state index contributed by atoms with van der Waals surface area (Å²) in [4.78, 5) is 0. The van der Waals surface area contributed by atoms with Gasteiger partial charge in [0.05, 0.1) is 5.69 Å². The minimum absolute atomic E-state index is 0.00313. The second-order valence-electron chi connectivity index (χ2n) is 2.97. The molecular weight excluding hydrogens is 236 g/mol. The summed E-state index contributed by atoms with van der Waals surface area (Å²) in [6.45, 7) is 0. The van der Waals surface area contributed by atoms with Gasteiger partial charge >= 0.3 is 0 Å². The van der Waals surface area contributed by atoms with Gasteiger partial charge in [0.2, 0.25) is 0 Å². The van der Waals surface area contributed by atoms with Gasteiger partial charge in [0, 0.05) is 0 Å². The third-order valence-electron chi connectivity index (χ3n) is 1.85. The molecule has 0 bridgehead atoms. The summed E-state index contributed by atoms with van der Waals surface area (Å²) >= 11 is 5.54. The molecule has 16 heavy (non-hydrogen) atoms. The minimum Gasteiger partial charge on any atom is -0.336 e. The van der Waals surface area contributed by atoms with E-state index in [-0.39, 0.29) is 16.7 Å². The highest BCUT2D eigenvalue weighted by molar-refractivity contribution is 6.29. The molecule has 2 aromatic rings. The van der Waals surface area contributed by atoms with Gasteiger partial charge in [-0.3, -0.25) is 0 Å². The van der Waals surface area contributed by atoms with E-state index in [0.717, 1.165) is 6.07 Å². The Morgan fingerprint density at radius 3 is 2.56 bits per heavy atom. The predicted molar refractivity (Wildman–Crippen MR) is 56.7 cm³/mol. The second-order valence-corrected chi connectivity index (χ2v) is 3.35. The monoisotopic (exact) mass is 241 g/mol. The van der Waals surface area contributed by atoms with Gasteiger partial charge in [-0.25, -0.2) is 8.78 Å². The molecule has 6 heteroatoms. The Kier molecular flexibility index (Phi) is 2.96. The fourth-order valence-electron chi connectivity index (χ4n) is 1.12. The van der Waals surface area contributed by atoms with Crippen molar-refractivity contribution in [1.29, 1.82) is 0 Å². The van der Waals surface area contributed by atoms with E-state index in [0.29, 0.717) is 0 Å². The summed E-state index contributed by atoms with van der Waals surface area (Å²) in [6.07, 6.45) is 0. The zero-order valence-corrected chi connectivity index (χ0v) is 8.67. The number of hydrogen-bond donors (Lipinski definition) is 1. The van der Waals surface area contributed by atoms with E-state index in [1.807, 2.05) is 0 Å². The van der Waals surface area contributed by atoms with Crippen LogP contribution < -0.4 is 5.32 Å². The van der Waals surface area contributed by atoms with Crippen molar-refractivity contribution in [1.82, 2.24) is 10.2 Å². The zero-order chi connectivity index (χ0) is 11.5. The van der Waals surface area contributed by atoms with Gasteiger partial charge in [-0.1, -0.05) is 17.7 Å². The number of nitrogens with zero attached hydrogens (tertiary/aromatic N) is 2. The molecule has 1 N–H and O–H groups in total. The van der Waals surface area contributed by atoms with Crippen molar-refractivity contribution in [2.24, 2.45) is 0 Å². The zero-order valence-electron chi connectivity index (χ0n) is 7.92. The lowest BCUT2D eigenvalue weighted by Gasteiger charge is -2.05. The molecule has 0 spiro atoms. The molecule has 0 fully saturated rings. The molecule has 0 amide bonds. The highest BCUT2D eigenvalue weighted by atomic mass is 35.5. The Balaban J connectivity index is 2.27. The smallest absolute Gasteiger partial charge is 0.182 e. The Hall–Kier alpha value is -1.75. The fourth-order valence-corrected chi connectivity index (χ4v) is 1.22. The van der Waals surface area contributed by atoms with E-state index in [4.69, 9.17) is 11.6 Å². The average molecular weight is 242 g/mol. The number of rotatable bonds is 2. The molecule has 1 aromatic heterocycles. The Bertz CT molecular complexity index is 502. The van der Waals surface area contributed by atoms with Crippen molar-refractivity contribution in [3.63, 3.8) is 0 Å². The summed E-state index contributed by atoms with van der Waals surface area (Å²) in [6, 6.07) is 6.83. The van der Waals surface area contributed by atoms with Gasteiger partial charge in [0.15, 0.2) is 22.6 Å². The minimum atomic E-state index is -0.959. The molecule has 0 aliphatic heterocycles. The van der Waals surface area contributed by atoms with Gasteiger partial charge < -0.3 is 5.32 Å². The fraction of sp³-hybridized carbons (Fsp3) is 0. The van der Waals surface area contributed by atoms with Crippen LogP contribution in [0.15, 0.2) is 30.3 Å². The maximum atomic E-state index is 13.3. The summed E-state index contributed by atoms with van der Waals surface area (Å²) < 4.78 is 26.1. The number of nitrogens with one attached hydrogen (secondary N) is 1.